The second-order valence-electron chi connectivity index (χ2n) is 3.53. The predicted molar refractivity (Wildman–Crippen MR) is 74.2 cm³/mol. The van der Waals surface area contributed by atoms with Crippen LogP contribution in [-0.4, -0.2) is 4.98 Å². The minimum atomic E-state index is 0.433. The van der Waals surface area contributed by atoms with Crippen molar-refractivity contribution in [3.63, 3.8) is 0 Å². The summed E-state index contributed by atoms with van der Waals surface area (Å²) in [6.45, 7) is 0. The van der Waals surface area contributed by atoms with Crippen molar-refractivity contribution in [2.75, 3.05) is 0 Å². The Morgan fingerprint density at radius 2 is 2.00 bits per heavy atom. The number of nitriles is 1. The van der Waals surface area contributed by atoms with Gasteiger partial charge in [0, 0.05) is 6.20 Å². The topological polar surface area (TPSA) is 36.7 Å². The molecular formula is C14H8Cl2N2. The molecular weight excluding hydrogens is 267 g/mol. The van der Waals surface area contributed by atoms with Crippen molar-refractivity contribution < 1.29 is 0 Å². The molecule has 88 valence electrons. The van der Waals surface area contributed by atoms with Crippen LogP contribution in [0.5, 0.6) is 0 Å². The van der Waals surface area contributed by atoms with E-state index in [0.717, 1.165) is 0 Å². The zero-order valence-corrected chi connectivity index (χ0v) is 10.8. The van der Waals surface area contributed by atoms with Gasteiger partial charge < -0.3 is 0 Å². The summed E-state index contributed by atoms with van der Waals surface area (Å²) in [6, 6.07) is 12.8. The molecule has 1 aromatic carbocycles. The third-order valence-electron chi connectivity index (χ3n) is 2.34. The Morgan fingerprint density at radius 1 is 1.17 bits per heavy atom. The molecule has 0 spiro atoms. The standard InChI is InChI=1S/C14H8Cl2N2/c15-12-5-3-4-10(14(12)16)8-11(9-17)13-6-1-2-7-18-13/h1-8H/b11-8+. The van der Waals surface area contributed by atoms with Crippen LogP contribution in [0.15, 0.2) is 42.6 Å². The van der Waals surface area contributed by atoms with Gasteiger partial charge in [0.2, 0.25) is 0 Å². The molecule has 0 bridgehead atoms. The molecule has 0 aliphatic rings. The quantitative estimate of drug-likeness (QED) is 0.759. The number of aromatic nitrogens is 1. The normalized spacial score (nSPS) is 11.1. The van der Waals surface area contributed by atoms with Crippen LogP contribution in [0.4, 0.5) is 0 Å². The lowest BCUT2D eigenvalue weighted by Crippen LogP contribution is -1.86. The van der Waals surface area contributed by atoms with Gasteiger partial charge in [-0.05, 0) is 29.8 Å². The van der Waals surface area contributed by atoms with Gasteiger partial charge in [-0.3, -0.25) is 4.98 Å². The molecule has 0 unspecified atom stereocenters. The van der Waals surface area contributed by atoms with Crippen LogP contribution >= 0.6 is 23.2 Å². The first-order chi connectivity index (χ1) is 8.72. The lowest BCUT2D eigenvalue weighted by atomic mass is 10.1. The molecule has 4 heteroatoms. The van der Waals surface area contributed by atoms with Gasteiger partial charge in [0.1, 0.15) is 6.07 Å². The Balaban J connectivity index is 2.49. The molecule has 0 radical (unpaired) electrons. The van der Waals surface area contributed by atoms with Crippen molar-refractivity contribution in [2.24, 2.45) is 0 Å². The van der Waals surface area contributed by atoms with Gasteiger partial charge in [0.05, 0.1) is 21.3 Å². The lowest BCUT2D eigenvalue weighted by molar-refractivity contribution is 1.28. The molecule has 1 heterocycles. The number of halogens is 2. The van der Waals surface area contributed by atoms with E-state index in [1.165, 1.54) is 0 Å². The number of allylic oxidation sites excluding steroid dienone is 1. The third kappa shape index (κ3) is 2.70. The summed E-state index contributed by atoms with van der Waals surface area (Å²) in [6.07, 6.45) is 3.32. The van der Waals surface area contributed by atoms with E-state index in [9.17, 15) is 0 Å². The Labute approximate surface area is 115 Å². The summed E-state index contributed by atoms with van der Waals surface area (Å²) >= 11 is 12.0. The second kappa shape index (κ2) is 5.68. The smallest absolute Gasteiger partial charge is 0.101 e. The van der Waals surface area contributed by atoms with Crippen molar-refractivity contribution >= 4 is 34.9 Å². The molecule has 0 amide bonds. The first-order valence-electron chi connectivity index (χ1n) is 5.19. The first kappa shape index (κ1) is 12.6. The minimum absolute atomic E-state index is 0.433. The molecule has 2 aromatic rings. The highest BCUT2D eigenvalue weighted by atomic mass is 35.5. The Morgan fingerprint density at radius 3 is 2.67 bits per heavy atom. The highest BCUT2D eigenvalue weighted by Gasteiger charge is 2.06. The van der Waals surface area contributed by atoms with Gasteiger partial charge in [0.15, 0.2) is 0 Å². The van der Waals surface area contributed by atoms with Crippen molar-refractivity contribution in [1.29, 1.82) is 5.26 Å². The SMILES string of the molecule is N#C/C(=C\c1cccc(Cl)c1Cl)c1ccccn1. The number of nitrogens with zero attached hydrogens (tertiary/aromatic N) is 2. The van der Waals surface area contributed by atoms with E-state index >= 15 is 0 Å². The molecule has 2 nitrogen and oxygen atoms in total. The molecule has 0 saturated carbocycles. The number of benzene rings is 1. The number of pyridine rings is 1. The molecule has 18 heavy (non-hydrogen) atoms. The fourth-order valence-corrected chi connectivity index (χ4v) is 1.84. The van der Waals surface area contributed by atoms with Crippen LogP contribution in [0.3, 0.4) is 0 Å². The third-order valence-corrected chi connectivity index (χ3v) is 3.18. The fourth-order valence-electron chi connectivity index (χ4n) is 1.47. The Kier molecular flexibility index (Phi) is 3.99. The van der Waals surface area contributed by atoms with E-state index in [4.69, 9.17) is 28.5 Å². The maximum absolute atomic E-state index is 9.17. The van der Waals surface area contributed by atoms with Gasteiger partial charge in [-0.15, -0.1) is 0 Å². The van der Waals surface area contributed by atoms with Gasteiger partial charge in [-0.2, -0.15) is 5.26 Å². The van der Waals surface area contributed by atoms with Crippen LogP contribution in [-0.2, 0) is 0 Å². The zero-order chi connectivity index (χ0) is 13.0. The van der Waals surface area contributed by atoms with Crippen LogP contribution in [0, 0.1) is 11.3 Å². The fraction of sp³-hybridized carbons (Fsp3) is 0. The van der Waals surface area contributed by atoms with E-state index in [2.05, 4.69) is 11.1 Å². The molecule has 0 N–H and O–H groups in total. The molecule has 1 aromatic heterocycles. The van der Waals surface area contributed by atoms with Crippen LogP contribution in [0.2, 0.25) is 10.0 Å². The van der Waals surface area contributed by atoms with Crippen molar-refractivity contribution in [3.8, 4) is 6.07 Å². The van der Waals surface area contributed by atoms with Crippen molar-refractivity contribution in [1.82, 2.24) is 4.98 Å². The molecule has 0 aliphatic carbocycles. The summed E-state index contributed by atoms with van der Waals surface area (Å²) in [4.78, 5) is 4.13. The van der Waals surface area contributed by atoms with E-state index in [0.29, 0.717) is 26.9 Å². The van der Waals surface area contributed by atoms with Crippen LogP contribution < -0.4 is 0 Å². The molecule has 0 fully saturated rings. The van der Waals surface area contributed by atoms with Gasteiger partial charge in [-0.1, -0.05) is 41.4 Å². The minimum Gasteiger partial charge on any atom is -0.256 e. The van der Waals surface area contributed by atoms with Gasteiger partial charge >= 0.3 is 0 Å². The predicted octanol–water partition coefficient (Wildman–Crippen LogP) is 4.45. The monoisotopic (exact) mass is 274 g/mol. The van der Waals surface area contributed by atoms with Crippen molar-refractivity contribution in [2.45, 2.75) is 0 Å². The number of hydrogen-bond donors (Lipinski definition) is 0. The van der Waals surface area contributed by atoms with Crippen LogP contribution in [0.1, 0.15) is 11.3 Å². The van der Waals surface area contributed by atoms with Crippen LogP contribution in [0.25, 0.3) is 11.6 Å². The first-order valence-corrected chi connectivity index (χ1v) is 5.95. The average molecular weight is 275 g/mol. The lowest BCUT2D eigenvalue weighted by Gasteiger charge is -2.02. The van der Waals surface area contributed by atoms with E-state index in [1.807, 2.05) is 6.07 Å². The molecule has 0 aliphatic heterocycles. The Hall–Kier alpha value is -1.82. The second-order valence-corrected chi connectivity index (χ2v) is 4.31. The summed E-state index contributed by atoms with van der Waals surface area (Å²) in [5.41, 5.74) is 1.75. The summed E-state index contributed by atoms with van der Waals surface area (Å²) in [5, 5.41) is 10.1. The van der Waals surface area contributed by atoms with Gasteiger partial charge in [-0.25, -0.2) is 0 Å². The average Bonchev–Trinajstić information content (AvgIpc) is 2.41. The van der Waals surface area contributed by atoms with Gasteiger partial charge in [0.25, 0.3) is 0 Å². The summed E-state index contributed by atoms with van der Waals surface area (Å²) < 4.78 is 0. The Bertz CT molecular complexity index is 628. The largest absolute Gasteiger partial charge is 0.256 e. The highest BCUT2D eigenvalue weighted by molar-refractivity contribution is 6.43. The number of rotatable bonds is 2. The zero-order valence-electron chi connectivity index (χ0n) is 9.27. The molecule has 0 atom stereocenters. The maximum Gasteiger partial charge on any atom is 0.101 e. The highest BCUT2D eigenvalue weighted by Crippen LogP contribution is 2.28. The van der Waals surface area contributed by atoms with Crippen molar-refractivity contribution in [3.05, 3.63) is 63.9 Å². The van der Waals surface area contributed by atoms with E-state index in [1.54, 1.807) is 42.6 Å². The van der Waals surface area contributed by atoms with E-state index < -0.39 is 0 Å². The summed E-state index contributed by atoms with van der Waals surface area (Å²) in [5.74, 6) is 0. The molecule has 2 rings (SSSR count). The molecule has 0 saturated heterocycles. The number of hydrogen-bond acceptors (Lipinski definition) is 2. The summed E-state index contributed by atoms with van der Waals surface area (Å²) in [7, 11) is 0. The maximum atomic E-state index is 9.17. The van der Waals surface area contributed by atoms with E-state index in [-0.39, 0.29) is 0 Å².